The average Bonchev–Trinajstić information content (AvgIpc) is 3.30. The first-order chi connectivity index (χ1) is 17.8. The highest BCUT2D eigenvalue weighted by molar-refractivity contribution is 6.11. The number of rotatable bonds is 7. The number of fused-ring (bicyclic) bond motifs is 1. The van der Waals surface area contributed by atoms with Crippen molar-refractivity contribution in [2.24, 2.45) is 0 Å². The third-order valence-corrected chi connectivity index (χ3v) is 6.25. The molecule has 3 aromatic heterocycles. The van der Waals surface area contributed by atoms with Crippen molar-refractivity contribution in [1.29, 1.82) is 0 Å². The molecule has 1 amide bonds. The zero-order chi connectivity index (χ0) is 26.0. The number of nitrogens with one attached hydrogen (secondary N) is 2. The van der Waals surface area contributed by atoms with E-state index in [1.165, 1.54) is 6.20 Å². The zero-order valence-electron chi connectivity index (χ0n) is 20.7. The van der Waals surface area contributed by atoms with Crippen LogP contribution in [0.3, 0.4) is 0 Å². The maximum Gasteiger partial charge on any atom is 0.276 e. The summed E-state index contributed by atoms with van der Waals surface area (Å²) in [6.07, 6.45) is 4.82. The van der Waals surface area contributed by atoms with E-state index in [1.807, 2.05) is 43.0 Å². The minimum Gasteiger partial charge on any atom is -0.475 e. The van der Waals surface area contributed by atoms with Gasteiger partial charge in [0.2, 0.25) is 5.88 Å². The van der Waals surface area contributed by atoms with Crippen LogP contribution in [-0.2, 0) is 6.54 Å². The van der Waals surface area contributed by atoms with Gasteiger partial charge < -0.3 is 10.1 Å². The monoisotopic (exact) mass is 506 g/mol. The number of anilines is 1. The summed E-state index contributed by atoms with van der Waals surface area (Å²) in [5.41, 5.74) is 4.22. The quantitative estimate of drug-likeness (QED) is 0.354. The number of hydrogen-bond donors (Lipinski definition) is 2. The fourth-order valence-corrected chi connectivity index (χ4v) is 4.35. The molecule has 2 N–H and O–H groups in total. The largest absolute Gasteiger partial charge is 0.475 e. The molecule has 0 radical (unpaired) electrons. The van der Waals surface area contributed by atoms with Crippen LogP contribution in [0, 0.1) is 0 Å². The Morgan fingerprint density at radius 1 is 1.11 bits per heavy atom. The van der Waals surface area contributed by atoms with Crippen LogP contribution in [0.25, 0.3) is 22.0 Å². The van der Waals surface area contributed by atoms with E-state index in [2.05, 4.69) is 25.5 Å². The fourth-order valence-electron chi connectivity index (χ4n) is 4.35. The third-order valence-electron chi connectivity index (χ3n) is 6.25. The van der Waals surface area contributed by atoms with E-state index in [1.54, 1.807) is 24.5 Å². The molecule has 5 rings (SSSR count). The van der Waals surface area contributed by atoms with Crippen LogP contribution >= 0.6 is 0 Å². The highest BCUT2D eigenvalue weighted by Gasteiger charge is 2.33. The molecule has 1 aliphatic rings. The van der Waals surface area contributed by atoms with Crippen LogP contribution in [0.15, 0.2) is 55.0 Å². The predicted octanol–water partition coefficient (Wildman–Crippen LogP) is 5.29. The fraction of sp³-hybridized carbons (Fsp3) is 0.333. The smallest absolute Gasteiger partial charge is 0.276 e. The van der Waals surface area contributed by atoms with Crippen molar-refractivity contribution in [2.75, 3.05) is 18.4 Å². The van der Waals surface area contributed by atoms with Gasteiger partial charge in [0.1, 0.15) is 0 Å². The first-order valence-corrected chi connectivity index (χ1v) is 12.2. The molecular weight excluding hydrogens is 478 g/mol. The maximum atomic E-state index is 13.5. The van der Waals surface area contributed by atoms with Gasteiger partial charge in [-0.25, -0.2) is 13.8 Å². The van der Waals surface area contributed by atoms with Gasteiger partial charge in [-0.2, -0.15) is 5.10 Å². The number of alkyl halides is 2. The Labute approximate surface area is 213 Å². The molecule has 0 saturated carbocycles. The van der Waals surface area contributed by atoms with E-state index in [4.69, 9.17) is 4.74 Å². The lowest BCUT2D eigenvalue weighted by atomic mass is 10.0. The van der Waals surface area contributed by atoms with Crippen LogP contribution in [0.1, 0.15) is 42.7 Å². The Kier molecular flexibility index (Phi) is 6.84. The molecular formula is C27H28F2N6O2. The summed E-state index contributed by atoms with van der Waals surface area (Å²) in [7, 11) is 0. The predicted molar refractivity (Wildman–Crippen MR) is 137 cm³/mol. The summed E-state index contributed by atoms with van der Waals surface area (Å²) in [5.74, 6) is -2.45. The minimum atomic E-state index is -2.57. The van der Waals surface area contributed by atoms with Crippen molar-refractivity contribution in [3.05, 3.63) is 66.2 Å². The van der Waals surface area contributed by atoms with E-state index in [0.717, 1.165) is 22.2 Å². The number of halogens is 2. The SMILES string of the molecule is CC(C)Oc1ccc(NC(=O)c2n[nH]c3ccc(-c4cncc(CN5CCC(F)(F)CC5)c4)cc23)cn1. The standard InChI is InChI=1S/C27H28F2N6O2/c1-17(2)37-24-6-4-21(15-31-24)32-26(36)25-22-12-19(3-5-23(22)33-34-25)20-11-18(13-30-14-20)16-35-9-7-27(28,29)8-10-35/h3-6,11-15,17H,7-10,16H2,1-2H3,(H,32,36)(H,33,34). The van der Waals surface area contributed by atoms with Crippen molar-refractivity contribution >= 4 is 22.5 Å². The molecule has 1 aromatic carbocycles. The first-order valence-electron chi connectivity index (χ1n) is 12.2. The number of aromatic amines is 1. The topological polar surface area (TPSA) is 96.0 Å². The van der Waals surface area contributed by atoms with Gasteiger partial charge in [0.05, 0.1) is 23.5 Å². The Morgan fingerprint density at radius 3 is 2.65 bits per heavy atom. The normalized spacial score (nSPS) is 15.7. The molecule has 0 unspecified atom stereocenters. The summed E-state index contributed by atoms with van der Waals surface area (Å²) in [4.78, 5) is 23.6. The summed E-state index contributed by atoms with van der Waals surface area (Å²) >= 11 is 0. The Hall–Kier alpha value is -3.92. The summed E-state index contributed by atoms with van der Waals surface area (Å²) in [5, 5.41) is 10.6. The molecule has 4 aromatic rings. The number of likely N-dealkylation sites (tertiary alicyclic amines) is 1. The molecule has 192 valence electrons. The number of carbonyl (C=O) groups is 1. The van der Waals surface area contributed by atoms with Gasteiger partial charge >= 0.3 is 0 Å². The van der Waals surface area contributed by atoms with Crippen molar-refractivity contribution in [1.82, 2.24) is 25.1 Å². The van der Waals surface area contributed by atoms with E-state index in [9.17, 15) is 13.6 Å². The number of aromatic nitrogens is 4. The molecule has 0 spiro atoms. The molecule has 1 aliphatic heterocycles. The Bertz CT molecular complexity index is 1390. The molecule has 1 fully saturated rings. The van der Waals surface area contributed by atoms with Crippen LogP contribution in [0.2, 0.25) is 0 Å². The van der Waals surface area contributed by atoms with Crippen LogP contribution < -0.4 is 10.1 Å². The molecule has 0 aliphatic carbocycles. The van der Waals surface area contributed by atoms with E-state index in [0.29, 0.717) is 36.6 Å². The van der Waals surface area contributed by atoms with Gasteiger partial charge in [0.25, 0.3) is 11.8 Å². The van der Waals surface area contributed by atoms with E-state index >= 15 is 0 Å². The third kappa shape index (κ3) is 5.91. The second-order valence-corrected chi connectivity index (χ2v) is 9.55. The van der Waals surface area contributed by atoms with Gasteiger partial charge in [-0.05, 0) is 49.2 Å². The minimum absolute atomic E-state index is 0.00578. The highest BCUT2D eigenvalue weighted by Crippen LogP contribution is 2.30. The maximum absolute atomic E-state index is 13.5. The Morgan fingerprint density at radius 2 is 1.92 bits per heavy atom. The molecule has 4 heterocycles. The average molecular weight is 507 g/mol. The van der Waals surface area contributed by atoms with Gasteiger partial charge in [-0.1, -0.05) is 6.07 Å². The second-order valence-electron chi connectivity index (χ2n) is 9.55. The van der Waals surface area contributed by atoms with Gasteiger partial charge in [-0.15, -0.1) is 0 Å². The number of nitrogens with zero attached hydrogens (tertiary/aromatic N) is 4. The number of hydrogen-bond acceptors (Lipinski definition) is 6. The van der Waals surface area contributed by atoms with E-state index in [-0.39, 0.29) is 30.5 Å². The second kappa shape index (κ2) is 10.2. The summed E-state index contributed by atoms with van der Waals surface area (Å²) in [6.45, 7) is 5.12. The molecule has 10 heteroatoms. The lowest BCUT2D eigenvalue weighted by Gasteiger charge is -2.31. The molecule has 1 saturated heterocycles. The van der Waals surface area contributed by atoms with Crippen molar-refractivity contribution < 1.29 is 18.3 Å². The molecule has 0 bridgehead atoms. The number of carbonyl (C=O) groups excluding carboxylic acids is 1. The van der Waals surface area contributed by atoms with Crippen molar-refractivity contribution in [3.63, 3.8) is 0 Å². The number of piperidine rings is 1. The van der Waals surface area contributed by atoms with Crippen LogP contribution in [-0.4, -0.2) is 56.1 Å². The van der Waals surface area contributed by atoms with E-state index < -0.39 is 5.92 Å². The summed E-state index contributed by atoms with van der Waals surface area (Å²) < 4.78 is 32.5. The first kappa shape index (κ1) is 24.8. The molecule has 8 nitrogen and oxygen atoms in total. The lowest BCUT2D eigenvalue weighted by molar-refractivity contribution is -0.0566. The van der Waals surface area contributed by atoms with Crippen LogP contribution in [0.5, 0.6) is 5.88 Å². The van der Waals surface area contributed by atoms with Gasteiger partial charge in [0.15, 0.2) is 5.69 Å². The number of pyridine rings is 2. The van der Waals surface area contributed by atoms with Gasteiger partial charge in [-0.3, -0.25) is 19.8 Å². The Balaban J connectivity index is 1.32. The van der Waals surface area contributed by atoms with Crippen LogP contribution in [0.4, 0.5) is 14.5 Å². The molecule has 0 atom stereocenters. The van der Waals surface area contributed by atoms with Gasteiger partial charge in [0, 0.05) is 61.9 Å². The summed E-state index contributed by atoms with van der Waals surface area (Å²) in [6, 6.07) is 11.1. The zero-order valence-corrected chi connectivity index (χ0v) is 20.7. The lowest BCUT2D eigenvalue weighted by Crippen LogP contribution is -2.38. The number of benzene rings is 1. The van der Waals surface area contributed by atoms with Crippen molar-refractivity contribution in [2.45, 2.75) is 45.3 Å². The number of H-pyrrole nitrogens is 1. The number of amides is 1. The highest BCUT2D eigenvalue weighted by atomic mass is 19.3. The van der Waals surface area contributed by atoms with Crippen molar-refractivity contribution in [3.8, 4) is 17.0 Å². The molecule has 37 heavy (non-hydrogen) atoms. The number of ether oxygens (including phenoxy) is 1.